The second kappa shape index (κ2) is 10.0. The first-order valence-electron chi connectivity index (χ1n) is 9.00. The minimum atomic E-state index is -3.58. The molecule has 7 heteroatoms. The Kier molecular flexibility index (Phi) is 8.01. The van der Waals surface area contributed by atoms with Gasteiger partial charge in [0.1, 0.15) is 0 Å². The van der Waals surface area contributed by atoms with Gasteiger partial charge in [0, 0.05) is 29.7 Å². The van der Waals surface area contributed by atoms with Crippen LogP contribution in [0.1, 0.15) is 42.6 Å². The Balaban J connectivity index is 2.03. The van der Waals surface area contributed by atoms with E-state index in [0.29, 0.717) is 5.56 Å². The molecule has 0 radical (unpaired) electrons. The van der Waals surface area contributed by atoms with Crippen LogP contribution >= 0.6 is 15.9 Å². The molecular formula is C20H25BrN2O3S. The number of rotatable bonds is 9. The molecule has 5 nitrogen and oxygen atoms in total. The normalized spacial score (nSPS) is 11.4. The van der Waals surface area contributed by atoms with Crippen molar-refractivity contribution in [1.82, 2.24) is 9.62 Å². The lowest BCUT2D eigenvalue weighted by atomic mass is 10.1. The number of amides is 1. The number of carbonyl (C=O) groups excluding carboxylic acids is 1. The largest absolute Gasteiger partial charge is 0.339 e. The number of hydrogen-bond acceptors (Lipinski definition) is 3. The molecule has 0 aliphatic rings. The Bertz CT molecular complexity index is 844. The van der Waals surface area contributed by atoms with Gasteiger partial charge < -0.3 is 4.90 Å². The van der Waals surface area contributed by atoms with E-state index in [2.05, 4.69) is 34.5 Å². The maximum absolute atomic E-state index is 12.6. The summed E-state index contributed by atoms with van der Waals surface area (Å²) in [5, 5.41) is 0. The lowest BCUT2D eigenvalue weighted by Gasteiger charge is -2.21. The summed E-state index contributed by atoms with van der Waals surface area (Å²) in [7, 11) is -3.58. The van der Waals surface area contributed by atoms with Crippen molar-refractivity contribution in [3.8, 4) is 0 Å². The van der Waals surface area contributed by atoms with Crippen LogP contribution in [0, 0.1) is 0 Å². The molecule has 1 amide bonds. The van der Waals surface area contributed by atoms with Crippen LogP contribution in [0.5, 0.6) is 0 Å². The third-order valence-electron chi connectivity index (χ3n) is 4.07. The van der Waals surface area contributed by atoms with Crippen molar-refractivity contribution < 1.29 is 13.2 Å². The summed E-state index contributed by atoms with van der Waals surface area (Å²) in [6.07, 6.45) is 1.84. The van der Waals surface area contributed by atoms with E-state index in [9.17, 15) is 13.2 Å². The molecule has 2 rings (SSSR count). The molecule has 0 fully saturated rings. The van der Waals surface area contributed by atoms with Gasteiger partial charge in [0.25, 0.3) is 5.91 Å². The van der Waals surface area contributed by atoms with Crippen LogP contribution in [-0.4, -0.2) is 32.3 Å². The van der Waals surface area contributed by atoms with Gasteiger partial charge in [-0.1, -0.05) is 41.9 Å². The van der Waals surface area contributed by atoms with Gasteiger partial charge >= 0.3 is 0 Å². The fourth-order valence-electron chi connectivity index (χ4n) is 2.68. The van der Waals surface area contributed by atoms with Crippen LogP contribution in [0.25, 0.3) is 0 Å². The van der Waals surface area contributed by atoms with Crippen LogP contribution < -0.4 is 4.72 Å². The van der Waals surface area contributed by atoms with E-state index in [1.807, 2.05) is 4.90 Å². The quantitative estimate of drug-likeness (QED) is 0.619. The summed E-state index contributed by atoms with van der Waals surface area (Å²) in [6.45, 7) is 5.75. The third kappa shape index (κ3) is 6.16. The Morgan fingerprint density at radius 1 is 0.963 bits per heavy atom. The SMILES string of the molecule is CCCN(CCC)C(=O)c1ccc(CNS(=O)(=O)c2ccc(Br)cc2)cc1. The molecule has 146 valence electrons. The molecule has 0 atom stereocenters. The number of hydrogen-bond donors (Lipinski definition) is 1. The Hall–Kier alpha value is -1.70. The standard InChI is InChI=1S/C20H25BrN2O3S/c1-3-13-23(14-4-2)20(24)17-7-5-16(6-8-17)15-22-27(25,26)19-11-9-18(21)10-12-19/h5-12,22H,3-4,13-15H2,1-2H3. The van der Waals surface area contributed by atoms with Crippen molar-refractivity contribution >= 4 is 31.9 Å². The number of benzene rings is 2. The first-order valence-corrected chi connectivity index (χ1v) is 11.3. The molecule has 0 saturated heterocycles. The smallest absolute Gasteiger partial charge is 0.253 e. The van der Waals surface area contributed by atoms with Crippen molar-refractivity contribution in [2.24, 2.45) is 0 Å². The molecule has 0 heterocycles. The van der Waals surface area contributed by atoms with Gasteiger partial charge in [0.05, 0.1) is 4.90 Å². The predicted octanol–water partition coefficient (Wildman–Crippen LogP) is 4.19. The third-order valence-corrected chi connectivity index (χ3v) is 6.01. The fourth-order valence-corrected chi connectivity index (χ4v) is 3.96. The summed E-state index contributed by atoms with van der Waals surface area (Å²) < 4.78 is 28.1. The minimum absolute atomic E-state index is 0.0145. The predicted molar refractivity (Wildman–Crippen MR) is 111 cm³/mol. The maximum Gasteiger partial charge on any atom is 0.253 e. The topological polar surface area (TPSA) is 66.5 Å². The number of nitrogens with zero attached hydrogens (tertiary/aromatic N) is 1. The Morgan fingerprint density at radius 3 is 2.04 bits per heavy atom. The summed E-state index contributed by atoms with van der Waals surface area (Å²) in [4.78, 5) is 14.6. The van der Waals surface area contributed by atoms with E-state index >= 15 is 0 Å². The highest BCUT2D eigenvalue weighted by Crippen LogP contribution is 2.15. The number of sulfonamides is 1. The lowest BCUT2D eigenvalue weighted by Crippen LogP contribution is -2.32. The van der Waals surface area contributed by atoms with Gasteiger partial charge in [-0.15, -0.1) is 0 Å². The zero-order valence-electron chi connectivity index (χ0n) is 15.6. The van der Waals surface area contributed by atoms with Gasteiger partial charge in [-0.3, -0.25) is 4.79 Å². The summed E-state index contributed by atoms with van der Waals surface area (Å²) in [5.41, 5.74) is 1.42. The van der Waals surface area contributed by atoms with E-state index in [1.165, 1.54) is 0 Å². The molecule has 1 N–H and O–H groups in total. The first-order chi connectivity index (χ1) is 12.9. The molecule has 0 spiro atoms. The average molecular weight is 453 g/mol. The van der Waals surface area contributed by atoms with E-state index in [4.69, 9.17) is 0 Å². The number of carbonyl (C=O) groups is 1. The second-order valence-electron chi connectivity index (χ2n) is 6.27. The molecule has 0 aromatic heterocycles. The van der Waals surface area contributed by atoms with E-state index in [0.717, 1.165) is 36.0 Å². The maximum atomic E-state index is 12.6. The highest BCUT2D eigenvalue weighted by Gasteiger charge is 2.15. The molecule has 2 aromatic rings. The molecule has 0 aliphatic heterocycles. The van der Waals surface area contributed by atoms with Crippen LogP contribution in [0.3, 0.4) is 0 Å². The fraction of sp³-hybridized carbons (Fsp3) is 0.350. The monoisotopic (exact) mass is 452 g/mol. The molecule has 0 unspecified atom stereocenters. The Morgan fingerprint density at radius 2 is 1.52 bits per heavy atom. The highest BCUT2D eigenvalue weighted by molar-refractivity contribution is 9.10. The molecule has 2 aromatic carbocycles. The van der Waals surface area contributed by atoms with Crippen LogP contribution in [-0.2, 0) is 16.6 Å². The second-order valence-corrected chi connectivity index (χ2v) is 8.95. The number of nitrogens with one attached hydrogen (secondary N) is 1. The van der Waals surface area contributed by atoms with Gasteiger partial charge in [-0.2, -0.15) is 0 Å². The van der Waals surface area contributed by atoms with Crippen molar-refractivity contribution in [2.75, 3.05) is 13.1 Å². The van der Waals surface area contributed by atoms with Crippen molar-refractivity contribution in [2.45, 2.75) is 38.1 Å². The van der Waals surface area contributed by atoms with Gasteiger partial charge in [0.15, 0.2) is 0 Å². The van der Waals surface area contributed by atoms with Gasteiger partial charge in [0.2, 0.25) is 10.0 Å². The minimum Gasteiger partial charge on any atom is -0.339 e. The molecular weight excluding hydrogens is 428 g/mol. The number of halogens is 1. The lowest BCUT2D eigenvalue weighted by molar-refractivity contribution is 0.0755. The highest BCUT2D eigenvalue weighted by atomic mass is 79.9. The van der Waals surface area contributed by atoms with Crippen LogP contribution in [0.2, 0.25) is 0 Å². The summed E-state index contributed by atoms with van der Waals surface area (Å²) >= 11 is 3.29. The molecule has 27 heavy (non-hydrogen) atoms. The van der Waals surface area contributed by atoms with Crippen molar-refractivity contribution in [1.29, 1.82) is 0 Å². The van der Waals surface area contributed by atoms with E-state index in [1.54, 1.807) is 48.5 Å². The summed E-state index contributed by atoms with van der Waals surface area (Å²) in [6, 6.07) is 13.5. The summed E-state index contributed by atoms with van der Waals surface area (Å²) in [5.74, 6) is 0.0145. The van der Waals surface area contributed by atoms with Crippen molar-refractivity contribution in [3.05, 3.63) is 64.1 Å². The zero-order valence-corrected chi connectivity index (χ0v) is 18.0. The van der Waals surface area contributed by atoms with Gasteiger partial charge in [-0.25, -0.2) is 13.1 Å². The van der Waals surface area contributed by atoms with Crippen molar-refractivity contribution in [3.63, 3.8) is 0 Å². The van der Waals surface area contributed by atoms with Gasteiger partial charge in [-0.05, 0) is 54.8 Å². The van der Waals surface area contributed by atoms with Crippen LogP contribution in [0.4, 0.5) is 0 Å². The average Bonchev–Trinajstić information content (AvgIpc) is 2.66. The van der Waals surface area contributed by atoms with E-state index < -0.39 is 10.0 Å². The molecule has 0 saturated carbocycles. The zero-order chi connectivity index (χ0) is 19.9. The van der Waals surface area contributed by atoms with E-state index in [-0.39, 0.29) is 17.3 Å². The molecule has 0 aliphatic carbocycles. The molecule has 0 bridgehead atoms. The Labute approximate surface area is 170 Å². The van der Waals surface area contributed by atoms with Crippen LogP contribution in [0.15, 0.2) is 57.9 Å². The first kappa shape index (κ1) is 21.6.